The van der Waals surface area contributed by atoms with Crippen LogP contribution in [-0.4, -0.2) is 0 Å². The normalized spacial score (nSPS) is 14.7. The van der Waals surface area contributed by atoms with Gasteiger partial charge >= 0.3 is 0 Å². The number of hydrogen-bond acceptors (Lipinski definition) is 1. The number of benzene rings is 4. The Kier molecular flexibility index (Phi) is 3.30. The molecule has 0 fully saturated rings. The van der Waals surface area contributed by atoms with Crippen LogP contribution in [0.3, 0.4) is 0 Å². The number of para-hydroxylation sites is 1. The van der Waals surface area contributed by atoms with Crippen LogP contribution >= 0.6 is 31.9 Å². The molecule has 0 spiro atoms. The first-order valence-electron chi connectivity index (χ1n) is 9.35. The van der Waals surface area contributed by atoms with Crippen molar-refractivity contribution in [3.05, 3.63) is 80.7 Å². The second-order valence-electron chi connectivity index (χ2n) is 8.03. The molecule has 0 atom stereocenters. The van der Waals surface area contributed by atoms with Gasteiger partial charge in [-0.05, 0) is 45.7 Å². The van der Waals surface area contributed by atoms with Gasteiger partial charge in [0.05, 0.1) is 0 Å². The lowest BCUT2D eigenvalue weighted by molar-refractivity contribution is 0.652. The molecule has 136 valence electrons. The predicted molar refractivity (Wildman–Crippen MR) is 124 cm³/mol. The van der Waals surface area contributed by atoms with Crippen molar-refractivity contribution in [1.29, 1.82) is 0 Å². The smallest absolute Gasteiger partial charge is 0.144 e. The van der Waals surface area contributed by atoms with Crippen molar-refractivity contribution < 1.29 is 4.42 Å². The molecule has 5 aromatic rings. The molecule has 0 amide bonds. The summed E-state index contributed by atoms with van der Waals surface area (Å²) in [5, 5.41) is 4.81. The van der Waals surface area contributed by atoms with Crippen molar-refractivity contribution >= 4 is 64.6 Å². The maximum atomic E-state index is 6.46. The van der Waals surface area contributed by atoms with Gasteiger partial charge in [-0.1, -0.05) is 88.2 Å². The van der Waals surface area contributed by atoms with E-state index in [9.17, 15) is 0 Å². The molecule has 4 aromatic carbocycles. The molecule has 0 unspecified atom stereocenters. The molecule has 1 heterocycles. The SMILES string of the molecule is CC1(C)c2cc(Br)c3ccccc3c2-c2c1cc(Br)c1c2oc2ccccc21. The van der Waals surface area contributed by atoms with Crippen molar-refractivity contribution in [1.82, 2.24) is 0 Å². The van der Waals surface area contributed by atoms with E-state index in [4.69, 9.17) is 4.42 Å². The maximum absolute atomic E-state index is 6.46. The highest BCUT2D eigenvalue weighted by Crippen LogP contribution is 2.56. The molecule has 28 heavy (non-hydrogen) atoms. The molecule has 0 bridgehead atoms. The summed E-state index contributed by atoms with van der Waals surface area (Å²) < 4.78 is 8.70. The van der Waals surface area contributed by atoms with Crippen LogP contribution in [0.5, 0.6) is 0 Å². The largest absolute Gasteiger partial charge is 0.455 e. The van der Waals surface area contributed by atoms with Gasteiger partial charge in [0, 0.05) is 30.7 Å². The van der Waals surface area contributed by atoms with Crippen LogP contribution in [0.4, 0.5) is 0 Å². The van der Waals surface area contributed by atoms with Crippen LogP contribution in [-0.2, 0) is 5.41 Å². The Balaban J connectivity index is 1.90. The van der Waals surface area contributed by atoms with Crippen LogP contribution < -0.4 is 0 Å². The molecule has 1 nitrogen and oxygen atoms in total. The third kappa shape index (κ3) is 1.96. The minimum atomic E-state index is -0.104. The van der Waals surface area contributed by atoms with E-state index in [1.54, 1.807) is 0 Å². The summed E-state index contributed by atoms with van der Waals surface area (Å²) in [5.74, 6) is 0. The van der Waals surface area contributed by atoms with Crippen LogP contribution in [0.2, 0.25) is 0 Å². The number of hydrogen-bond donors (Lipinski definition) is 0. The molecule has 0 N–H and O–H groups in total. The monoisotopic (exact) mass is 490 g/mol. The summed E-state index contributed by atoms with van der Waals surface area (Å²) in [7, 11) is 0. The average Bonchev–Trinajstić information content (AvgIpc) is 3.17. The Morgan fingerprint density at radius 1 is 0.714 bits per heavy atom. The van der Waals surface area contributed by atoms with E-state index in [-0.39, 0.29) is 5.41 Å². The summed E-state index contributed by atoms with van der Waals surface area (Å²) in [4.78, 5) is 0. The number of furan rings is 1. The zero-order chi connectivity index (χ0) is 19.2. The lowest BCUT2D eigenvalue weighted by Gasteiger charge is -2.22. The summed E-state index contributed by atoms with van der Waals surface area (Å²) in [6.45, 7) is 4.61. The van der Waals surface area contributed by atoms with Crippen LogP contribution in [0.15, 0.2) is 74.0 Å². The highest BCUT2D eigenvalue weighted by atomic mass is 79.9. The zero-order valence-corrected chi connectivity index (χ0v) is 18.6. The van der Waals surface area contributed by atoms with Crippen LogP contribution in [0.25, 0.3) is 43.8 Å². The van der Waals surface area contributed by atoms with Gasteiger partial charge in [-0.25, -0.2) is 0 Å². The molecule has 0 aliphatic heterocycles. The predicted octanol–water partition coefficient (Wildman–Crippen LogP) is 8.57. The molecule has 1 aromatic heterocycles. The molecular formula is C25H16Br2O. The Bertz CT molecular complexity index is 1460. The van der Waals surface area contributed by atoms with E-state index in [1.165, 1.54) is 33.0 Å². The molecule has 1 aliphatic rings. The van der Waals surface area contributed by atoms with E-state index in [0.29, 0.717) is 0 Å². The fraction of sp³-hybridized carbons (Fsp3) is 0.120. The Morgan fingerprint density at radius 3 is 2.11 bits per heavy atom. The lowest BCUT2D eigenvalue weighted by atomic mass is 9.82. The lowest BCUT2D eigenvalue weighted by Crippen LogP contribution is -2.15. The molecule has 0 saturated heterocycles. The average molecular weight is 492 g/mol. The molecule has 3 heteroatoms. The van der Waals surface area contributed by atoms with E-state index >= 15 is 0 Å². The molecule has 0 radical (unpaired) electrons. The first-order valence-corrected chi connectivity index (χ1v) is 10.9. The number of fused-ring (bicyclic) bond motifs is 9. The van der Waals surface area contributed by atoms with E-state index < -0.39 is 0 Å². The van der Waals surface area contributed by atoms with Gasteiger partial charge in [0.15, 0.2) is 0 Å². The van der Waals surface area contributed by atoms with Crippen molar-refractivity contribution in [3.63, 3.8) is 0 Å². The van der Waals surface area contributed by atoms with Gasteiger partial charge in [-0.3, -0.25) is 0 Å². The standard InChI is InChI=1S/C25H16Br2O/c1-25(2)16-11-18(26)13-7-3-4-8-14(13)21(16)23-17(25)12-19(27)22-15-9-5-6-10-20(15)28-24(22)23/h3-12H,1-2H3. The minimum Gasteiger partial charge on any atom is -0.455 e. The van der Waals surface area contributed by atoms with Crippen molar-refractivity contribution in [2.24, 2.45) is 0 Å². The van der Waals surface area contributed by atoms with Gasteiger partial charge in [-0.2, -0.15) is 0 Å². The highest BCUT2D eigenvalue weighted by Gasteiger charge is 2.40. The number of rotatable bonds is 0. The van der Waals surface area contributed by atoms with Crippen LogP contribution in [0.1, 0.15) is 25.0 Å². The minimum absolute atomic E-state index is 0.104. The van der Waals surface area contributed by atoms with Gasteiger partial charge in [0.2, 0.25) is 0 Å². The summed E-state index contributed by atoms with van der Waals surface area (Å²) in [6, 6.07) is 21.5. The molecule has 1 aliphatic carbocycles. The number of halogens is 2. The van der Waals surface area contributed by atoms with Crippen molar-refractivity contribution in [3.8, 4) is 11.1 Å². The Morgan fingerprint density at radius 2 is 1.32 bits per heavy atom. The first kappa shape index (κ1) is 16.8. The maximum Gasteiger partial charge on any atom is 0.144 e. The van der Waals surface area contributed by atoms with Gasteiger partial charge in [0.1, 0.15) is 11.2 Å². The van der Waals surface area contributed by atoms with E-state index in [1.807, 2.05) is 6.07 Å². The second kappa shape index (κ2) is 5.49. The van der Waals surface area contributed by atoms with Gasteiger partial charge in [0.25, 0.3) is 0 Å². The molecule has 0 saturated carbocycles. The highest BCUT2D eigenvalue weighted by molar-refractivity contribution is 9.11. The summed E-state index contributed by atoms with van der Waals surface area (Å²) in [5.41, 5.74) is 6.99. The fourth-order valence-electron chi connectivity index (χ4n) is 4.83. The third-order valence-corrected chi connectivity index (χ3v) is 7.47. The topological polar surface area (TPSA) is 13.1 Å². The summed E-state index contributed by atoms with van der Waals surface area (Å²) in [6.07, 6.45) is 0. The third-order valence-electron chi connectivity index (χ3n) is 6.19. The first-order chi connectivity index (χ1) is 13.5. The Labute approximate surface area is 179 Å². The van der Waals surface area contributed by atoms with Gasteiger partial charge < -0.3 is 4.42 Å². The quantitative estimate of drug-likeness (QED) is 0.211. The van der Waals surface area contributed by atoms with Gasteiger partial charge in [-0.15, -0.1) is 0 Å². The van der Waals surface area contributed by atoms with E-state index in [2.05, 4.69) is 100 Å². The molecular weight excluding hydrogens is 476 g/mol. The second-order valence-corrected chi connectivity index (χ2v) is 9.74. The Hall–Kier alpha value is -2.10. The fourth-order valence-corrected chi connectivity index (χ4v) is 6.03. The van der Waals surface area contributed by atoms with Crippen LogP contribution in [0, 0.1) is 0 Å². The zero-order valence-electron chi connectivity index (χ0n) is 15.4. The van der Waals surface area contributed by atoms with Crippen molar-refractivity contribution in [2.45, 2.75) is 19.3 Å². The summed E-state index contributed by atoms with van der Waals surface area (Å²) >= 11 is 7.65. The van der Waals surface area contributed by atoms with Crippen molar-refractivity contribution in [2.75, 3.05) is 0 Å². The molecule has 6 rings (SSSR count). The van der Waals surface area contributed by atoms with E-state index in [0.717, 1.165) is 30.9 Å².